The Morgan fingerprint density at radius 1 is 1.19 bits per heavy atom. The third-order valence-corrected chi connectivity index (χ3v) is 6.55. The highest BCUT2D eigenvalue weighted by atomic mass is 16.3. The van der Waals surface area contributed by atoms with Crippen LogP contribution in [-0.4, -0.2) is 46.7 Å². The lowest BCUT2D eigenvalue weighted by molar-refractivity contribution is -0.131. The van der Waals surface area contributed by atoms with Crippen molar-refractivity contribution in [3.05, 3.63) is 0 Å². The predicted octanol–water partition coefficient (Wildman–Crippen LogP) is 1.53. The van der Waals surface area contributed by atoms with Crippen molar-refractivity contribution in [3.8, 4) is 0 Å². The van der Waals surface area contributed by atoms with Crippen LogP contribution in [0.4, 0.5) is 0 Å². The van der Waals surface area contributed by atoms with Gasteiger partial charge < -0.3 is 10.4 Å². The summed E-state index contributed by atoms with van der Waals surface area (Å²) in [7, 11) is 0. The van der Waals surface area contributed by atoms with Gasteiger partial charge in [-0.2, -0.15) is 0 Å². The Bertz CT molecular complexity index is 401. The van der Waals surface area contributed by atoms with Crippen LogP contribution in [0, 0.1) is 17.8 Å². The normalized spacial score (nSPS) is 46.8. The van der Waals surface area contributed by atoms with E-state index in [-0.39, 0.29) is 23.6 Å². The molecule has 4 nitrogen and oxygen atoms in total. The molecule has 1 unspecified atom stereocenters. The SMILES string of the molecule is CC(C(=O)NC12CC3CC(CC(C3)C1)C2)N1CC[C@H](O)C1. The van der Waals surface area contributed by atoms with Gasteiger partial charge in [-0.3, -0.25) is 9.69 Å². The molecule has 2 atom stereocenters. The molecule has 4 aliphatic carbocycles. The number of aliphatic hydroxyl groups is 1. The van der Waals surface area contributed by atoms with Gasteiger partial charge in [0.15, 0.2) is 0 Å². The monoisotopic (exact) mass is 292 g/mol. The van der Waals surface area contributed by atoms with Gasteiger partial charge in [0.05, 0.1) is 12.1 Å². The quantitative estimate of drug-likeness (QED) is 0.829. The van der Waals surface area contributed by atoms with Gasteiger partial charge in [-0.15, -0.1) is 0 Å². The van der Waals surface area contributed by atoms with E-state index < -0.39 is 0 Å². The first-order valence-corrected chi connectivity index (χ1v) is 8.77. The average molecular weight is 292 g/mol. The second-order valence-corrected chi connectivity index (χ2v) is 8.30. The number of aliphatic hydroxyl groups excluding tert-OH is 1. The van der Waals surface area contributed by atoms with Gasteiger partial charge in [0.25, 0.3) is 0 Å². The van der Waals surface area contributed by atoms with Gasteiger partial charge in [0, 0.05) is 18.6 Å². The molecule has 5 fully saturated rings. The van der Waals surface area contributed by atoms with Crippen molar-refractivity contribution in [2.45, 2.75) is 69.6 Å². The lowest BCUT2D eigenvalue weighted by Gasteiger charge is -2.57. The topological polar surface area (TPSA) is 52.6 Å². The van der Waals surface area contributed by atoms with Crippen LogP contribution in [0.3, 0.4) is 0 Å². The van der Waals surface area contributed by atoms with Crippen LogP contribution in [0.5, 0.6) is 0 Å². The largest absolute Gasteiger partial charge is 0.392 e. The summed E-state index contributed by atoms with van der Waals surface area (Å²) < 4.78 is 0. The highest BCUT2D eigenvalue weighted by Crippen LogP contribution is 2.55. The summed E-state index contributed by atoms with van der Waals surface area (Å²) in [4.78, 5) is 14.8. The van der Waals surface area contributed by atoms with Crippen molar-refractivity contribution in [1.82, 2.24) is 10.2 Å². The Kier molecular flexibility index (Phi) is 3.30. The van der Waals surface area contributed by atoms with E-state index in [0.29, 0.717) is 6.54 Å². The number of amides is 1. The van der Waals surface area contributed by atoms with Gasteiger partial charge in [-0.25, -0.2) is 0 Å². The zero-order valence-electron chi connectivity index (χ0n) is 13.1. The molecule has 4 saturated carbocycles. The van der Waals surface area contributed by atoms with Crippen LogP contribution < -0.4 is 5.32 Å². The third-order valence-electron chi connectivity index (χ3n) is 6.55. The summed E-state index contributed by atoms with van der Waals surface area (Å²) in [5, 5.41) is 13.1. The smallest absolute Gasteiger partial charge is 0.237 e. The fraction of sp³-hybridized carbons (Fsp3) is 0.941. The van der Waals surface area contributed by atoms with E-state index in [9.17, 15) is 9.90 Å². The Labute approximate surface area is 127 Å². The highest BCUT2D eigenvalue weighted by Gasteiger charge is 2.51. The minimum Gasteiger partial charge on any atom is -0.392 e. The molecule has 0 aromatic carbocycles. The average Bonchev–Trinajstić information content (AvgIpc) is 2.82. The van der Waals surface area contributed by atoms with Crippen molar-refractivity contribution in [2.75, 3.05) is 13.1 Å². The second kappa shape index (κ2) is 4.95. The number of nitrogens with zero attached hydrogens (tertiary/aromatic N) is 1. The van der Waals surface area contributed by atoms with E-state index >= 15 is 0 Å². The maximum atomic E-state index is 12.7. The molecule has 0 spiro atoms. The number of rotatable bonds is 3. The molecule has 4 heteroatoms. The molecule has 2 N–H and O–H groups in total. The first-order valence-electron chi connectivity index (χ1n) is 8.77. The molecule has 1 aliphatic heterocycles. The van der Waals surface area contributed by atoms with Crippen LogP contribution >= 0.6 is 0 Å². The van der Waals surface area contributed by atoms with Crippen molar-refractivity contribution >= 4 is 5.91 Å². The number of hydrogen-bond donors (Lipinski definition) is 2. The summed E-state index contributed by atoms with van der Waals surface area (Å²) in [6, 6.07) is -0.102. The fourth-order valence-corrected chi connectivity index (χ4v) is 5.92. The van der Waals surface area contributed by atoms with Crippen molar-refractivity contribution in [3.63, 3.8) is 0 Å². The second-order valence-electron chi connectivity index (χ2n) is 8.30. The Hall–Kier alpha value is -0.610. The van der Waals surface area contributed by atoms with Crippen molar-refractivity contribution in [1.29, 1.82) is 0 Å². The lowest BCUT2D eigenvalue weighted by Crippen LogP contribution is -2.62. The van der Waals surface area contributed by atoms with Crippen LogP contribution in [0.1, 0.15) is 51.9 Å². The molecule has 5 aliphatic rings. The molecule has 0 radical (unpaired) electrons. The van der Waals surface area contributed by atoms with Gasteiger partial charge in [0.1, 0.15) is 0 Å². The highest BCUT2D eigenvalue weighted by molar-refractivity contribution is 5.82. The zero-order valence-corrected chi connectivity index (χ0v) is 13.1. The molecule has 1 amide bonds. The molecular formula is C17H28N2O2. The maximum Gasteiger partial charge on any atom is 0.237 e. The van der Waals surface area contributed by atoms with E-state index in [4.69, 9.17) is 0 Å². The molecule has 0 aromatic heterocycles. The van der Waals surface area contributed by atoms with E-state index in [0.717, 1.165) is 30.7 Å². The number of likely N-dealkylation sites (tertiary alicyclic amines) is 1. The standard InChI is InChI=1S/C17H28N2O2/c1-11(19-3-2-15(20)10-19)16(21)18-17-7-12-4-13(8-17)6-14(5-12)9-17/h11-15,20H,2-10H2,1H3,(H,18,21)/t11?,12?,13?,14?,15-,17?/m0/s1. The Balaban J connectivity index is 1.42. The lowest BCUT2D eigenvalue weighted by atomic mass is 9.53. The van der Waals surface area contributed by atoms with Crippen LogP contribution in [0.25, 0.3) is 0 Å². The van der Waals surface area contributed by atoms with Crippen LogP contribution in [0.15, 0.2) is 0 Å². The van der Waals surface area contributed by atoms with Crippen molar-refractivity contribution < 1.29 is 9.90 Å². The number of nitrogens with one attached hydrogen (secondary N) is 1. The molecule has 21 heavy (non-hydrogen) atoms. The van der Waals surface area contributed by atoms with Crippen molar-refractivity contribution in [2.24, 2.45) is 17.8 Å². The van der Waals surface area contributed by atoms with E-state index in [1.807, 2.05) is 6.92 Å². The van der Waals surface area contributed by atoms with Gasteiger partial charge in [-0.1, -0.05) is 0 Å². The minimum atomic E-state index is -0.250. The summed E-state index contributed by atoms with van der Waals surface area (Å²) in [6.07, 6.45) is 8.39. The van der Waals surface area contributed by atoms with E-state index in [2.05, 4.69) is 10.2 Å². The molecule has 1 heterocycles. The molecule has 118 valence electrons. The van der Waals surface area contributed by atoms with Crippen LogP contribution in [0.2, 0.25) is 0 Å². The molecule has 5 rings (SSSR count). The summed E-state index contributed by atoms with van der Waals surface area (Å²) in [5.74, 6) is 2.77. The van der Waals surface area contributed by atoms with Gasteiger partial charge in [-0.05, 0) is 69.6 Å². The van der Waals surface area contributed by atoms with Gasteiger partial charge >= 0.3 is 0 Å². The number of carbonyl (C=O) groups is 1. The summed E-state index contributed by atoms with van der Waals surface area (Å²) in [5.41, 5.74) is 0.110. The first-order chi connectivity index (χ1) is 10.0. The summed E-state index contributed by atoms with van der Waals surface area (Å²) in [6.45, 7) is 3.49. The van der Waals surface area contributed by atoms with Crippen LogP contribution in [-0.2, 0) is 4.79 Å². The molecule has 1 saturated heterocycles. The third kappa shape index (κ3) is 2.50. The number of hydrogen-bond acceptors (Lipinski definition) is 3. The minimum absolute atomic E-state index is 0.102. The predicted molar refractivity (Wildman–Crippen MR) is 80.7 cm³/mol. The molecule has 0 aromatic rings. The Morgan fingerprint density at radius 3 is 2.24 bits per heavy atom. The number of carbonyl (C=O) groups excluding carboxylic acids is 1. The Morgan fingerprint density at radius 2 is 1.76 bits per heavy atom. The van der Waals surface area contributed by atoms with E-state index in [1.165, 1.54) is 38.5 Å². The number of β-amino-alcohol motifs (C(OH)–C–C–N with tert-alkyl or cyclic N) is 1. The summed E-state index contributed by atoms with van der Waals surface area (Å²) >= 11 is 0. The molecule has 4 bridgehead atoms. The molecular weight excluding hydrogens is 264 g/mol. The van der Waals surface area contributed by atoms with E-state index in [1.54, 1.807) is 0 Å². The first kappa shape index (κ1) is 14.0. The maximum absolute atomic E-state index is 12.7. The zero-order chi connectivity index (χ0) is 14.6. The van der Waals surface area contributed by atoms with Gasteiger partial charge in [0.2, 0.25) is 5.91 Å². The fourth-order valence-electron chi connectivity index (χ4n) is 5.92.